The maximum absolute atomic E-state index is 9.69. The van der Waals surface area contributed by atoms with E-state index < -0.39 is 653 Å². The van der Waals surface area contributed by atoms with Crippen molar-refractivity contribution >= 4 is 140 Å². The van der Waals surface area contributed by atoms with Crippen molar-refractivity contribution in [3.8, 4) is 77.9 Å². The van der Waals surface area contributed by atoms with Crippen molar-refractivity contribution in [2.24, 2.45) is 0 Å². The quantitative estimate of drug-likeness (QED) is 0.110. The summed E-state index contributed by atoms with van der Waals surface area (Å²) in [6.07, 6.45) is 0. The van der Waals surface area contributed by atoms with Gasteiger partial charge in [0.2, 0.25) is 0 Å². The second-order valence-electron chi connectivity index (χ2n) is 24.0. The van der Waals surface area contributed by atoms with Gasteiger partial charge < -0.3 is 0 Å². The lowest BCUT2D eigenvalue weighted by Crippen LogP contribution is -1.92. The summed E-state index contributed by atoms with van der Waals surface area (Å²) in [6.45, 7) is 0. The van der Waals surface area contributed by atoms with Crippen LogP contribution in [0.1, 0.15) is 98.7 Å². The van der Waals surface area contributed by atoms with Crippen LogP contribution in [-0.4, -0.2) is 0 Å². The molecule has 23 aromatic rings. The molecule has 0 spiro atoms. The number of hydrogen-bond acceptors (Lipinski definition) is 0. The maximum Gasteiger partial charge on any atom is 0.0636 e. The molecule has 0 bridgehead atoms. The Hall–Kier alpha value is -14.6. The van der Waals surface area contributed by atoms with Gasteiger partial charge in [0, 0.05) is 0 Å². The Morgan fingerprint density at radius 3 is 0.759 bits per heavy atom. The van der Waals surface area contributed by atoms with Gasteiger partial charge in [-0.05, 0) is 248 Å². The second-order valence-corrected chi connectivity index (χ2v) is 24.0. The van der Waals surface area contributed by atoms with E-state index in [2.05, 4.69) is 0 Å². The molecule has 0 unspecified atom stereocenters. The van der Waals surface area contributed by atoms with Crippen molar-refractivity contribution < 1.29 is 98.7 Å². The Morgan fingerprint density at radius 1 is 0.116 bits per heavy atom. The molecule has 0 aliphatic rings. The molecule has 23 rings (SSSR count). The molecule has 112 heavy (non-hydrogen) atoms. The van der Waals surface area contributed by atoms with Gasteiger partial charge in [-0.15, -0.1) is 0 Å². The van der Waals surface area contributed by atoms with E-state index in [9.17, 15) is 30.2 Å². The summed E-state index contributed by atoms with van der Waals surface area (Å²) < 4.78 is 637. The van der Waals surface area contributed by atoms with E-state index in [0.29, 0.717) is 0 Å². The van der Waals surface area contributed by atoms with Crippen molar-refractivity contribution in [1.82, 2.24) is 0 Å². The van der Waals surface area contributed by atoms with Crippen LogP contribution >= 0.6 is 0 Å². The summed E-state index contributed by atoms with van der Waals surface area (Å²) in [5, 5.41) is -16.2. The Labute approximate surface area is 751 Å². The van der Waals surface area contributed by atoms with Gasteiger partial charge in [0.25, 0.3) is 0 Å². The highest BCUT2D eigenvalue weighted by Crippen LogP contribution is 2.50. The third-order valence-electron chi connectivity index (χ3n) is 17.9. The Bertz CT molecular complexity index is 12000. The lowest BCUT2D eigenvalue weighted by molar-refractivity contribution is 1.61. The Kier molecular flexibility index (Phi) is 6.29. The summed E-state index contributed by atoms with van der Waals surface area (Å²) in [5.74, 6) is 0. The zero-order chi connectivity index (χ0) is 137. The summed E-state index contributed by atoms with van der Waals surface area (Å²) in [5.41, 5.74) is -10.1. The predicted octanol–water partition coefficient (Wildman–Crippen LogP) is 31.7. The molecule has 0 N–H and O–H groups in total. The van der Waals surface area contributed by atoms with E-state index in [1.165, 1.54) is 0 Å². The molecule has 0 aliphatic heterocycles. The molecule has 0 aliphatic carbocycles. The molecule has 0 radical (unpaired) electrons. The molecule has 0 fully saturated rings. The van der Waals surface area contributed by atoms with E-state index in [-0.39, 0.29) is 0 Å². The van der Waals surface area contributed by atoms with Crippen LogP contribution in [0.15, 0.2) is 435 Å². The lowest BCUT2D eigenvalue weighted by Gasteiger charge is -2.19. The molecular formula is C112H72. The number of rotatable bonds is 7. The topological polar surface area (TPSA) is 0 Å². The van der Waals surface area contributed by atoms with Crippen molar-refractivity contribution in [1.29, 1.82) is 0 Å². The van der Waals surface area contributed by atoms with Crippen LogP contribution in [0.2, 0.25) is 0 Å². The minimum absolute atomic E-state index is 0.512. The van der Waals surface area contributed by atoms with Gasteiger partial charge in [0.05, 0.1) is 98.7 Å². The van der Waals surface area contributed by atoms with Crippen molar-refractivity contribution in [2.45, 2.75) is 0 Å². The van der Waals surface area contributed by atoms with Gasteiger partial charge >= 0.3 is 0 Å². The largest absolute Gasteiger partial charge is 0.0636 e. The minimum atomic E-state index is -1.01. The first kappa shape index (κ1) is 25.3. The Morgan fingerprint density at radius 2 is 0.357 bits per heavy atom. The third kappa shape index (κ3) is 11.5. The van der Waals surface area contributed by atoms with E-state index >= 15 is 0 Å². The van der Waals surface area contributed by atoms with Crippen LogP contribution < -0.4 is 0 Å². The SMILES string of the molecule is [2H]c1c([2H])c([2H])c(-c2c([2H])c([2H])c([2H])c(-c3c4c([2H])c([2H])c([2H])c([2H])c4c(-c4c([2H])c([2H])c5c([2H])c([2H])c([2H])c([2H])c5c4[2H])c4c([2H])c([2H])c([2H])c([2H])c34)c2[2H])c([2H])c1[2H].[2H]c1c([2H])c([2H])c2c([2H])c(-c3c4c([2H])c([2H])c([2H])c([2H])c4c(-c4c([2H])c([2H])c([2H])c5c([2H])c([2H])c6c([2H])c([2H])c([2H])c([2H])c6c45)c4c([2H])c([2H])c([2H])c([2H])c34)c([2H])c([2H])c2c1[2H].[2H]c1c([2H])c([2H])c2c([2H])c(-c3c4c([2H])c([2H])c([2H])c([2H])c4c(-c4c([2H])c([2H])c5c([2H])c([2H])c6c([2H])c([2H])c([2H])c([2H])c6c5c4[2H])c4c([2H])c([2H])c([2H])c([2H])c34)c([2H])c([2H])c2c1[2H]. The first-order chi connectivity index (χ1) is 85.6. The average Bonchev–Trinajstić information content (AvgIpc) is 0.681. The molecule has 0 aromatic heterocycles. The van der Waals surface area contributed by atoms with E-state index in [0.717, 1.165) is 0 Å². The fourth-order valence-electron chi connectivity index (χ4n) is 13.2. The zero-order valence-corrected chi connectivity index (χ0v) is 56.0. The lowest BCUT2D eigenvalue weighted by atomic mass is 9.84. The second kappa shape index (κ2) is 27.9. The van der Waals surface area contributed by atoms with E-state index in [4.69, 9.17) is 68.5 Å². The van der Waals surface area contributed by atoms with E-state index in [1.54, 1.807) is 0 Å². The number of fused-ring (bicyclic) bond motifs is 15. The third-order valence-corrected chi connectivity index (χ3v) is 17.9. The molecule has 0 atom stereocenters. The minimum Gasteiger partial charge on any atom is -0.0622 e. The first-order valence-corrected chi connectivity index (χ1v) is 33.0. The van der Waals surface area contributed by atoms with Crippen LogP contribution in [0.5, 0.6) is 0 Å². The molecule has 0 heterocycles. The molecule has 0 amide bonds. The van der Waals surface area contributed by atoms with Gasteiger partial charge in [-0.1, -0.05) is 405 Å². The zero-order valence-electron chi connectivity index (χ0n) is 128. The van der Waals surface area contributed by atoms with E-state index in [1.807, 2.05) is 0 Å². The highest BCUT2D eigenvalue weighted by Gasteiger charge is 2.23. The number of benzene rings is 23. The monoisotopic (exact) mass is 1490 g/mol. The van der Waals surface area contributed by atoms with Crippen molar-refractivity contribution in [3.63, 3.8) is 0 Å². The van der Waals surface area contributed by atoms with Gasteiger partial charge in [0.15, 0.2) is 0 Å². The van der Waals surface area contributed by atoms with Crippen molar-refractivity contribution in [2.75, 3.05) is 0 Å². The fourth-order valence-corrected chi connectivity index (χ4v) is 13.2. The molecule has 520 valence electrons. The van der Waals surface area contributed by atoms with Crippen LogP contribution in [0.25, 0.3) is 218 Å². The summed E-state index contributed by atoms with van der Waals surface area (Å²) >= 11 is 0. The Balaban J connectivity index is 0.000000154. The summed E-state index contributed by atoms with van der Waals surface area (Å²) in [4.78, 5) is 0. The highest BCUT2D eigenvalue weighted by molar-refractivity contribution is 6.28. The molecule has 0 heteroatoms. The van der Waals surface area contributed by atoms with Crippen molar-refractivity contribution in [3.05, 3.63) is 435 Å². The van der Waals surface area contributed by atoms with Crippen LogP contribution in [-0.2, 0) is 0 Å². The van der Waals surface area contributed by atoms with Crippen LogP contribution in [0, 0.1) is 0 Å². The van der Waals surface area contributed by atoms with Gasteiger partial charge in [-0.25, -0.2) is 0 Å². The van der Waals surface area contributed by atoms with Gasteiger partial charge in [-0.3, -0.25) is 0 Å². The molecule has 0 saturated heterocycles. The summed E-state index contributed by atoms with van der Waals surface area (Å²) in [6, 6.07) is -64.1. The normalized spacial score (nSPS) is 20.6. The standard InChI is InChI=1S/2C38H24.C36H24/c1-2-12-28-24-29(23-20-25(28)10-1)37-31-15-5-7-17-33(31)38(34-18-8-6-16-32(34)37)35-19-9-13-27-22-21-26-11-3-4-14-30(26)36(27)35;1-2-11-28-23-29(21-17-25(28)9-1)37-32-13-5-7-15-34(32)38(35-16-8-6-14-33(35)37)30-22-20-27-19-18-26-10-3-4-12-31(26)36(27)24-30;1-2-11-25(12-3-1)28-15-10-16-29(23-28)35-31-17-6-8-19-33(31)36(34-20-9-7-18-32(34)35)30-22-21-26-13-4-5-14-27(26)24-30/h2*1-24H;1-24H/i3*1D,2D,3D,4D,5D,6D,7D,8D,9D,10D,11D,12D,13D,14D,15D,16D,17D,18D,19D,20D,21D,22D,23D,24D. The molecular weight excluding hydrogens is 1350 g/mol. The maximum atomic E-state index is 9.69. The smallest absolute Gasteiger partial charge is 0.0622 e. The molecule has 23 aromatic carbocycles. The predicted molar refractivity (Wildman–Crippen MR) is 485 cm³/mol. The molecule has 0 nitrogen and oxygen atoms in total. The van der Waals surface area contributed by atoms with Gasteiger partial charge in [0.1, 0.15) is 0 Å². The first-order valence-electron chi connectivity index (χ1n) is 69.0. The van der Waals surface area contributed by atoms with Crippen LogP contribution in [0.3, 0.4) is 0 Å². The van der Waals surface area contributed by atoms with Crippen LogP contribution in [0.4, 0.5) is 0 Å². The summed E-state index contributed by atoms with van der Waals surface area (Å²) in [7, 11) is 0. The molecule has 0 saturated carbocycles. The number of hydrogen-bond donors (Lipinski definition) is 0. The average molecular weight is 1490 g/mol. The van der Waals surface area contributed by atoms with Gasteiger partial charge in [-0.2, -0.15) is 0 Å². The fraction of sp³-hybridized carbons (Fsp3) is 0. The highest BCUT2D eigenvalue weighted by atomic mass is 14.3.